The zero-order valence-corrected chi connectivity index (χ0v) is 12.0. The molecule has 0 aliphatic rings. The Labute approximate surface area is 112 Å². The summed E-state index contributed by atoms with van der Waals surface area (Å²) in [5.74, 6) is 0. The summed E-state index contributed by atoms with van der Waals surface area (Å²) in [6, 6.07) is 17.2. The first-order valence-electron chi connectivity index (χ1n) is 6.39. The standard InChI is InChI=1S/C14H14.C2H6.C2H4/c1-11-6-8-13(9-7-11)14-5-3-4-12(2)10-14;2*1-2/h3-10H,1-2H3;1-2H3;1-2H2. The van der Waals surface area contributed by atoms with Crippen molar-refractivity contribution < 1.29 is 0 Å². The lowest BCUT2D eigenvalue weighted by atomic mass is 10.0. The van der Waals surface area contributed by atoms with Crippen LogP contribution in [0.4, 0.5) is 0 Å². The first kappa shape index (κ1) is 16.2. The van der Waals surface area contributed by atoms with E-state index >= 15 is 0 Å². The third kappa shape index (κ3) is 5.01. The van der Waals surface area contributed by atoms with E-state index in [-0.39, 0.29) is 0 Å². The zero-order chi connectivity index (χ0) is 14.0. The molecule has 0 saturated carbocycles. The van der Waals surface area contributed by atoms with Crippen LogP contribution in [0.15, 0.2) is 61.7 Å². The van der Waals surface area contributed by atoms with Crippen molar-refractivity contribution in [1.82, 2.24) is 0 Å². The van der Waals surface area contributed by atoms with Crippen molar-refractivity contribution in [3.05, 3.63) is 72.8 Å². The van der Waals surface area contributed by atoms with Crippen LogP contribution in [0.5, 0.6) is 0 Å². The first-order valence-corrected chi connectivity index (χ1v) is 6.39. The summed E-state index contributed by atoms with van der Waals surface area (Å²) < 4.78 is 0. The molecule has 0 aliphatic carbocycles. The number of rotatable bonds is 1. The topological polar surface area (TPSA) is 0 Å². The Balaban J connectivity index is 0.000000659. The van der Waals surface area contributed by atoms with Crippen LogP contribution in [0.25, 0.3) is 11.1 Å². The molecule has 0 amide bonds. The molecule has 0 fully saturated rings. The van der Waals surface area contributed by atoms with Gasteiger partial charge in [-0.05, 0) is 25.0 Å². The number of hydrogen-bond acceptors (Lipinski definition) is 0. The van der Waals surface area contributed by atoms with E-state index in [4.69, 9.17) is 0 Å². The average molecular weight is 240 g/mol. The summed E-state index contributed by atoms with van der Waals surface area (Å²) in [5.41, 5.74) is 5.20. The maximum Gasteiger partial charge on any atom is -0.0181 e. The predicted octanol–water partition coefficient (Wildman–Crippen LogP) is 5.80. The van der Waals surface area contributed by atoms with Gasteiger partial charge in [0.15, 0.2) is 0 Å². The molecule has 0 heterocycles. The second-order valence-electron chi connectivity index (χ2n) is 3.74. The van der Waals surface area contributed by atoms with E-state index in [9.17, 15) is 0 Å². The Kier molecular flexibility index (Phi) is 8.30. The van der Waals surface area contributed by atoms with E-state index in [1.165, 1.54) is 22.3 Å². The molecule has 96 valence electrons. The largest absolute Gasteiger partial charge is 0.106 e. The molecule has 18 heavy (non-hydrogen) atoms. The molecule has 0 nitrogen and oxygen atoms in total. The molecule has 0 bridgehead atoms. The summed E-state index contributed by atoms with van der Waals surface area (Å²) in [6.07, 6.45) is 0. The molecule has 0 aliphatic heterocycles. The lowest BCUT2D eigenvalue weighted by molar-refractivity contribution is 1.44. The molecule has 0 spiro atoms. The fourth-order valence-electron chi connectivity index (χ4n) is 1.57. The van der Waals surface area contributed by atoms with E-state index in [0.29, 0.717) is 0 Å². The molecule has 0 aromatic heterocycles. The van der Waals surface area contributed by atoms with Gasteiger partial charge >= 0.3 is 0 Å². The highest BCUT2D eigenvalue weighted by atomic mass is 14.0. The van der Waals surface area contributed by atoms with Gasteiger partial charge in [-0.15, -0.1) is 13.2 Å². The van der Waals surface area contributed by atoms with Gasteiger partial charge < -0.3 is 0 Å². The fraction of sp³-hybridized carbons (Fsp3) is 0.222. The highest BCUT2D eigenvalue weighted by Gasteiger charge is 1.96. The normalized spacial score (nSPS) is 8.44. The minimum absolute atomic E-state index is 1.29. The monoisotopic (exact) mass is 240 g/mol. The highest BCUT2D eigenvalue weighted by Crippen LogP contribution is 2.20. The smallest absolute Gasteiger partial charge is 0.0181 e. The fourth-order valence-corrected chi connectivity index (χ4v) is 1.57. The van der Waals surface area contributed by atoms with Crippen LogP contribution in [0.3, 0.4) is 0 Å². The van der Waals surface area contributed by atoms with Crippen molar-refractivity contribution in [3.63, 3.8) is 0 Å². The molecule has 0 N–H and O–H groups in total. The summed E-state index contributed by atoms with van der Waals surface area (Å²) >= 11 is 0. The van der Waals surface area contributed by atoms with E-state index in [0.717, 1.165) is 0 Å². The molecule has 0 atom stereocenters. The Morgan fingerprint density at radius 3 is 1.72 bits per heavy atom. The Morgan fingerprint density at radius 2 is 1.22 bits per heavy atom. The summed E-state index contributed by atoms with van der Waals surface area (Å²) in [5, 5.41) is 0. The quantitative estimate of drug-likeness (QED) is 0.553. The van der Waals surface area contributed by atoms with Crippen molar-refractivity contribution in [2.75, 3.05) is 0 Å². The molecule has 0 heteroatoms. The SMILES string of the molecule is C=C.CC.Cc1ccc(-c2cccc(C)c2)cc1. The van der Waals surface area contributed by atoms with Crippen LogP contribution < -0.4 is 0 Å². The lowest BCUT2D eigenvalue weighted by Gasteiger charge is -2.02. The van der Waals surface area contributed by atoms with Crippen LogP contribution in [0.2, 0.25) is 0 Å². The molecule has 2 aromatic carbocycles. The van der Waals surface area contributed by atoms with Gasteiger partial charge in [0.25, 0.3) is 0 Å². The molecule has 0 unspecified atom stereocenters. The van der Waals surface area contributed by atoms with Crippen LogP contribution in [-0.4, -0.2) is 0 Å². The maximum atomic E-state index is 3.00. The first-order chi connectivity index (χ1) is 8.75. The number of hydrogen-bond donors (Lipinski definition) is 0. The molecular weight excluding hydrogens is 216 g/mol. The molecule has 0 radical (unpaired) electrons. The predicted molar refractivity (Wildman–Crippen MR) is 84.0 cm³/mol. The minimum Gasteiger partial charge on any atom is -0.106 e. The average Bonchev–Trinajstić information content (AvgIpc) is 2.44. The van der Waals surface area contributed by atoms with Gasteiger partial charge in [-0.2, -0.15) is 0 Å². The van der Waals surface area contributed by atoms with Crippen molar-refractivity contribution in [2.45, 2.75) is 27.7 Å². The van der Waals surface area contributed by atoms with Crippen LogP contribution >= 0.6 is 0 Å². The molecule has 2 aromatic rings. The summed E-state index contributed by atoms with van der Waals surface area (Å²) in [7, 11) is 0. The van der Waals surface area contributed by atoms with Gasteiger partial charge in [0, 0.05) is 0 Å². The third-order valence-corrected chi connectivity index (χ3v) is 2.40. The second-order valence-corrected chi connectivity index (χ2v) is 3.74. The van der Waals surface area contributed by atoms with Crippen LogP contribution in [0.1, 0.15) is 25.0 Å². The molecule has 0 saturated heterocycles. The van der Waals surface area contributed by atoms with E-state index in [1.807, 2.05) is 13.8 Å². The third-order valence-electron chi connectivity index (χ3n) is 2.40. The maximum absolute atomic E-state index is 3.00. The highest BCUT2D eigenvalue weighted by molar-refractivity contribution is 5.64. The van der Waals surface area contributed by atoms with Gasteiger partial charge in [0.05, 0.1) is 0 Å². The van der Waals surface area contributed by atoms with E-state index in [2.05, 4.69) is 75.5 Å². The van der Waals surface area contributed by atoms with Gasteiger partial charge in [-0.1, -0.05) is 73.5 Å². The molecule has 2 rings (SSSR count). The zero-order valence-electron chi connectivity index (χ0n) is 12.0. The van der Waals surface area contributed by atoms with Crippen molar-refractivity contribution in [1.29, 1.82) is 0 Å². The van der Waals surface area contributed by atoms with Gasteiger partial charge in [-0.3, -0.25) is 0 Å². The number of aryl methyl sites for hydroxylation is 2. The minimum atomic E-state index is 1.29. The summed E-state index contributed by atoms with van der Waals surface area (Å²) in [4.78, 5) is 0. The van der Waals surface area contributed by atoms with Crippen molar-refractivity contribution >= 4 is 0 Å². The Bertz CT molecular complexity index is 438. The Hall–Kier alpha value is -1.82. The lowest BCUT2D eigenvalue weighted by Crippen LogP contribution is -1.79. The van der Waals surface area contributed by atoms with E-state index in [1.54, 1.807) is 0 Å². The number of benzene rings is 2. The second kappa shape index (κ2) is 9.23. The van der Waals surface area contributed by atoms with Crippen LogP contribution in [0, 0.1) is 13.8 Å². The van der Waals surface area contributed by atoms with E-state index < -0.39 is 0 Å². The van der Waals surface area contributed by atoms with Gasteiger partial charge in [0.1, 0.15) is 0 Å². The Morgan fingerprint density at radius 1 is 0.667 bits per heavy atom. The van der Waals surface area contributed by atoms with Gasteiger partial charge in [-0.25, -0.2) is 0 Å². The van der Waals surface area contributed by atoms with Crippen molar-refractivity contribution in [2.24, 2.45) is 0 Å². The van der Waals surface area contributed by atoms with Gasteiger partial charge in [0.2, 0.25) is 0 Å². The molecular formula is C18H24. The van der Waals surface area contributed by atoms with Crippen molar-refractivity contribution in [3.8, 4) is 11.1 Å². The van der Waals surface area contributed by atoms with Crippen LogP contribution in [-0.2, 0) is 0 Å². The summed E-state index contributed by atoms with van der Waals surface area (Å²) in [6.45, 7) is 14.2.